The fourth-order valence-corrected chi connectivity index (χ4v) is 3.23. The number of aliphatic hydroxyl groups is 1. The number of nitrogens with zero attached hydrogens (tertiary/aromatic N) is 1. The van der Waals surface area contributed by atoms with E-state index in [0.29, 0.717) is 30.8 Å². The fraction of sp³-hybridized carbons (Fsp3) is 0.350. The van der Waals surface area contributed by atoms with Gasteiger partial charge in [-0.15, -0.1) is 0 Å². The molecule has 1 N–H and O–H groups in total. The topological polar surface area (TPSA) is 62.5 Å². The van der Waals surface area contributed by atoms with Gasteiger partial charge in [-0.2, -0.15) is 5.26 Å². The third-order valence-electron chi connectivity index (χ3n) is 4.47. The first-order valence-corrected chi connectivity index (χ1v) is 8.33. The van der Waals surface area contributed by atoms with Gasteiger partial charge in [0.2, 0.25) is 0 Å². The highest BCUT2D eigenvalue weighted by Gasteiger charge is 2.22. The van der Waals surface area contributed by atoms with E-state index >= 15 is 0 Å². The Labute approximate surface area is 146 Å². The lowest BCUT2D eigenvalue weighted by atomic mass is 9.84. The summed E-state index contributed by atoms with van der Waals surface area (Å²) in [6.45, 7) is 1.05. The number of rotatable bonds is 6. The number of aliphatic hydroxyl groups excluding tert-OH is 1. The maximum Gasteiger partial charge on any atom is 0.157 e. The lowest BCUT2D eigenvalue weighted by molar-refractivity contribution is -0.0482. The van der Waals surface area contributed by atoms with Crippen molar-refractivity contribution in [1.82, 2.24) is 0 Å². The molecule has 2 aromatic rings. The average molecular weight is 341 g/mol. The van der Waals surface area contributed by atoms with E-state index < -0.39 is 0 Å². The molecule has 25 heavy (non-hydrogen) atoms. The van der Waals surface area contributed by atoms with Crippen LogP contribution in [0.4, 0.5) is 4.39 Å². The maximum atomic E-state index is 13.3. The van der Waals surface area contributed by atoms with Gasteiger partial charge < -0.3 is 14.6 Å². The summed E-state index contributed by atoms with van der Waals surface area (Å²) in [4.78, 5) is 0. The van der Waals surface area contributed by atoms with E-state index in [0.717, 1.165) is 17.5 Å². The van der Waals surface area contributed by atoms with Crippen molar-refractivity contribution in [2.75, 3.05) is 13.2 Å². The van der Waals surface area contributed by atoms with Crippen molar-refractivity contribution in [3.63, 3.8) is 0 Å². The zero-order valence-corrected chi connectivity index (χ0v) is 13.8. The molecule has 2 aromatic carbocycles. The van der Waals surface area contributed by atoms with Crippen LogP contribution in [0.25, 0.3) is 0 Å². The van der Waals surface area contributed by atoms with Crippen molar-refractivity contribution >= 4 is 0 Å². The lowest BCUT2D eigenvalue weighted by Gasteiger charge is -2.22. The molecule has 0 amide bonds. The van der Waals surface area contributed by atoms with Crippen LogP contribution in [0.2, 0.25) is 0 Å². The van der Waals surface area contributed by atoms with E-state index in [9.17, 15) is 9.50 Å². The minimum absolute atomic E-state index is 0.0386. The number of hydrogen-bond donors (Lipinski definition) is 1. The first kappa shape index (κ1) is 17.6. The summed E-state index contributed by atoms with van der Waals surface area (Å²) in [6, 6.07) is 13.8. The monoisotopic (exact) mass is 341 g/mol. The van der Waals surface area contributed by atoms with Crippen molar-refractivity contribution < 1.29 is 19.0 Å². The smallest absolute Gasteiger partial charge is 0.157 e. The minimum Gasteiger partial charge on any atom is -0.392 e. The van der Waals surface area contributed by atoms with Crippen LogP contribution in [-0.4, -0.2) is 24.6 Å². The summed E-state index contributed by atoms with van der Waals surface area (Å²) in [6.07, 6.45) is 1.21. The molecule has 4 nitrogen and oxygen atoms in total. The average Bonchev–Trinajstić information content (AvgIpc) is 3.17. The third kappa shape index (κ3) is 4.23. The van der Waals surface area contributed by atoms with Crippen molar-refractivity contribution in [2.24, 2.45) is 0 Å². The third-order valence-corrected chi connectivity index (χ3v) is 4.47. The van der Waals surface area contributed by atoms with Crippen molar-refractivity contribution in [1.29, 1.82) is 5.26 Å². The van der Waals surface area contributed by atoms with Crippen LogP contribution < -0.4 is 0 Å². The quantitative estimate of drug-likeness (QED) is 0.874. The van der Waals surface area contributed by atoms with Gasteiger partial charge in [-0.25, -0.2) is 4.39 Å². The number of benzene rings is 2. The van der Waals surface area contributed by atoms with Crippen LogP contribution in [0.5, 0.6) is 0 Å². The van der Waals surface area contributed by atoms with E-state index in [-0.39, 0.29) is 24.6 Å². The van der Waals surface area contributed by atoms with Gasteiger partial charge >= 0.3 is 0 Å². The number of halogens is 1. The Bertz CT molecular complexity index is 749. The van der Waals surface area contributed by atoms with Crippen LogP contribution in [0.1, 0.15) is 41.0 Å². The molecule has 0 radical (unpaired) electrons. The van der Waals surface area contributed by atoms with Gasteiger partial charge in [-0.1, -0.05) is 18.2 Å². The van der Waals surface area contributed by atoms with Gasteiger partial charge in [0.1, 0.15) is 5.82 Å². The van der Waals surface area contributed by atoms with Crippen LogP contribution >= 0.6 is 0 Å². The van der Waals surface area contributed by atoms with Gasteiger partial charge in [0.05, 0.1) is 31.5 Å². The summed E-state index contributed by atoms with van der Waals surface area (Å²) in [5.41, 5.74) is 3.11. The van der Waals surface area contributed by atoms with E-state index in [1.54, 1.807) is 24.3 Å². The van der Waals surface area contributed by atoms with E-state index in [4.69, 9.17) is 14.7 Å². The highest BCUT2D eigenvalue weighted by atomic mass is 19.1. The second-order valence-electron chi connectivity index (χ2n) is 6.04. The van der Waals surface area contributed by atoms with Gasteiger partial charge in [-0.05, 0) is 53.8 Å². The van der Waals surface area contributed by atoms with Crippen molar-refractivity contribution in [3.05, 3.63) is 70.5 Å². The second-order valence-corrected chi connectivity index (χ2v) is 6.04. The second kappa shape index (κ2) is 8.21. The SMILES string of the molecule is N#Cc1ccc([C@@H](CCC2OCCO2)c2ccc(F)cc2)c(CO)c1. The van der Waals surface area contributed by atoms with Crippen LogP contribution in [0, 0.1) is 17.1 Å². The molecule has 5 heteroatoms. The van der Waals surface area contributed by atoms with Gasteiger partial charge in [0.15, 0.2) is 6.29 Å². The van der Waals surface area contributed by atoms with Crippen molar-refractivity contribution in [2.45, 2.75) is 31.7 Å². The molecule has 0 aromatic heterocycles. The van der Waals surface area contributed by atoms with E-state index in [1.165, 1.54) is 12.1 Å². The molecule has 3 rings (SSSR count). The molecule has 0 aliphatic carbocycles. The van der Waals surface area contributed by atoms with Gasteiger partial charge in [0, 0.05) is 5.92 Å². The Morgan fingerprint density at radius 3 is 2.52 bits per heavy atom. The normalized spacial score (nSPS) is 15.9. The number of nitriles is 1. The standard InChI is InChI=1S/C20H20FNO3/c21-17-4-2-15(3-5-17)18(7-8-20-24-9-10-25-20)19-6-1-14(12-22)11-16(19)13-23/h1-6,11,18,20,23H,7-10,13H2/t18-/m0/s1. The molecule has 1 saturated heterocycles. The van der Waals surface area contributed by atoms with Gasteiger partial charge in [-0.3, -0.25) is 0 Å². The Hall–Kier alpha value is -2.26. The minimum atomic E-state index is -0.285. The zero-order chi connectivity index (χ0) is 17.6. The number of hydrogen-bond acceptors (Lipinski definition) is 4. The Kier molecular flexibility index (Phi) is 5.77. The van der Waals surface area contributed by atoms with Crippen LogP contribution in [-0.2, 0) is 16.1 Å². The van der Waals surface area contributed by atoms with Gasteiger partial charge in [0.25, 0.3) is 0 Å². The molecule has 0 unspecified atom stereocenters. The Balaban J connectivity index is 1.92. The molecular formula is C20H20FNO3. The first-order chi connectivity index (χ1) is 12.2. The molecule has 130 valence electrons. The Morgan fingerprint density at radius 2 is 1.88 bits per heavy atom. The van der Waals surface area contributed by atoms with E-state index in [2.05, 4.69) is 6.07 Å². The van der Waals surface area contributed by atoms with Crippen molar-refractivity contribution in [3.8, 4) is 6.07 Å². The molecule has 1 heterocycles. The summed E-state index contributed by atoms with van der Waals surface area (Å²) in [7, 11) is 0. The highest BCUT2D eigenvalue weighted by Crippen LogP contribution is 2.33. The molecule has 1 aliphatic heterocycles. The van der Waals surface area contributed by atoms with Crippen LogP contribution in [0.3, 0.4) is 0 Å². The fourth-order valence-electron chi connectivity index (χ4n) is 3.23. The summed E-state index contributed by atoms with van der Waals surface area (Å²) < 4.78 is 24.3. The molecule has 1 atom stereocenters. The molecular weight excluding hydrogens is 321 g/mol. The predicted molar refractivity (Wildman–Crippen MR) is 90.2 cm³/mol. The summed E-state index contributed by atoms with van der Waals surface area (Å²) >= 11 is 0. The first-order valence-electron chi connectivity index (χ1n) is 8.33. The predicted octanol–water partition coefficient (Wildman–Crippen LogP) is 3.47. The van der Waals surface area contributed by atoms with E-state index in [1.807, 2.05) is 6.07 Å². The zero-order valence-electron chi connectivity index (χ0n) is 13.8. The van der Waals surface area contributed by atoms with Crippen LogP contribution in [0.15, 0.2) is 42.5 Å². The molecule has 0 bridgehead atoms. The Morgan fingerprint density at radius 1 is 1.16 bits per heavy atom. The molecule has 1 aliphatic rings. The maximum absolute atomic E-state index is 13.3. The summed E-state index contributed by atoms with van der Waals surface area (Å²) in [5, 5.41) is 18.8. The molecule has 0 spiro atoms. The summed E-state index contributed by atoms with van der Waals surface area (Å²) in [5.74, 6) is -0.324. The molecule has 1 fully saturated rings. The highest BCUT2D eigenvalue weighted by molar-refractivity contribution is 5.43. The lowest BCUT2D eigenvalue weighted by Crippen LogP contribution is -2.12. The number of ether oxygens (including phenoxy) is 2. The largest absolute Gasteiger partial charge is 0.392 e. The molecule has 0 saturated carbocycles.